The number of hydrogen-bond donors (Lipinski definition) is 0. The standard InChI is InChI=1S/C38H35FN2O4S2/c1-6-38(5)46-22(3)37(47-38)36(44)27-13-16-28(31(39)21-27)35(43)26-15-18-33-30(20-26)29-19-25(14-17-32(29)41(33)7-2)34(40-45-23(4)42)24-11-9-8-10-12-24/h8-22,37H,6-7H2,1-5H3. The van der Waals surface area contributed by atoms with Crippen molar-refractivity contribution in [2.45, 2.75) is 62.2 Å². The van der Waals surface area contributed by atoms with Gasteiger partial charge in [0.1, 0.15) is 11.5 Å². The van der Waals surface area contributed by atoms with Crippen molar-refractivity contribution >= 4 is 68.6 Å². The first kappa shape index (κ1) is 32.7. The highest BCUT2D eigenvalue weighted by molar-refractivity contribution is 8.22. The van der Waals surface area contributed by atoms with Crippen LogP contribution >= 0.6 is 23.5 Å². The lowest BCUT2D eigenvalue weighted by atomic mass is 9.97. The molecule has 6 nitrogen and oxygen atoms in total. The summed E-state index contributed by atoms with van der Waals surface area (Å²) in [5, 5.41) is 5.71. The van der Waals surface area contributed by atoms with Crippen LogP contribution < -0.4 is 0 Å². The molecule has 3 unspecified atom stereocenters. The van der Waals surface area contributed by atoms with E-state index in [1.165, 1.54) is 19.1 Å². The minimum atomic E-state index is -0.713. The molecular weight excluding hydrogens is 632 g/mol. The predicted octanol–water partition coefficient (Wildman–Crippen LogP) is 9.05. The molecule has 47 heavy (non-hydrogen) atoms. The molecule has 240 valence electrons. The van der Waals surface area contributed by atoms with E-state index < -0.39 is 17.6 Å². The van der Waals surface area contributed by atoms with Crippen LogP contribution in [0.5, 0.6) is 0 Å². The Labute approximate surface area is 281 Å². The van der Waals surface area contributed by atoms with Crippen LogP contribution in [-0.2, 0) is 16.2 Å². The first-order valence-corrected chi connectivity index (χ1v) is 17.4. The topological polar surface area (TPSA) is 77.7 Å². The number of Topliss-reactive ketones (excluding diaryl/α,β-unsaturated/α-hetero) is 1. The summed E-state index contributed by atoms with van der Waals surface area (Å²) in [5.74, 6) is -1.81. The minimum Gasteiger partial charge on any atom is -0.341 e. The summed E-state index contributed by atoms with van der Waals surface area (Å²) >= 11 is 3.43. The molecule has 1 saturated heterocycles. The van der Waals surface area contributed by atoms with Gasteiger partial charge in [-0.3, -0.25) is 9.59 Å². The summed E-state index contributed by atoms with van der Waals surface area (Å²) in [6, 6.07) is 24.9. The monoisotopic (exact) mass is 666 g/mol. The maximum absolute atomic E-state index is 15.6. The van der Waals surface area contributed by atoms with Gasteiger partial charge < -0.3 is 9.40 Å². The second-order valence-corrected chi connectivity index (χ2v) is 15.6. The number of benzene rings is 4. The molecule has 0 saturated carbocycles. The van der Waals surface area contributed by atoms with Crippen molar-refractivity contribution in [1.29, 1.82) is 0 Å². The largest absolute Gasteiger partial charge is 0.341 e. The number of carbonyl (C=O) groups is 3. The van der Waals surface area contributed by atoms with Crippen molar-refractivity contribution in [3.8, 4) is 0 Å². The van der Waals surface area contributed by atoms with E-state index in [0.717, 1.165) is 39.4 Å². The predicted molar refractivity (Wildman–Crippen MR) is 190 cm³/mol. The number of carbonyl (C=O) groups excluding carboxylic acids is 3. The number of aryl methyl sites for hydroxylation is 1. The molecule has 0 spiro atoms. The van der Waals surface area contributed by atoms with Crippen LogP contribution in [0.3, 0.4) is 0 Å². The number of nitrogens with zero attached hydrogens (tertiary/aromatic N) is 2. The van der Waals surface area contributed by atoms with Crippen molar-refractivity contribution in [3.63, 3.8) is 0 Å². The molecule has 5 aromatic rings. The average molecular weight is 667 g/mol. The van der Waals surface area contributed by atoms with Gasteiger partial charge in [0.15, 0.2) is 11.6 Å². The molecule has 4 aromatic carbocycles. The molecule has 1 aliphatic heterocycles. The Hall–Kier alpha value is -4.21. The van der Waals surface area contributed by atoms with Crippen LogP contribution in [0.15, 0.2) is 90.1 Å². The molecule has 0 N–H and O–H groups in total. The van der Waals surface area contributed by atoms with Crippen LogP contribution in [-0.4, -0.2) is 42.4 Å². The summed E-state index contributed by atoms with van der Waals surface area (Å²) < 4.78 is 17.7. The van der Waals surface area contributed by atoms with Gasteiger partial charge in [0.25, 0.3) is 0 Å². The maximum Gasteiger partial charge on any atom is 0.332 e. The van der Waals surface area contributed by atoms with E-state index in [2.05, 4.69) is 23.6 Å². The Balaban J connectivity index is 1.37. The van der Waals surface area contributed by atoms with Gasteiger partial charge in [0.2, 0.25) is 0 Å². The van der Waals surface area contributed by atoms with Crippen LogP contribution in [0.4, 0.5) is 4.39 Å². The highest BCUT2D eigenvalue weighted by Gasteiger charge is 2.44. The Morgan fingerprint density at radius 3 is 2.09 bits per heavy atom. The van der Waals surface area contributed by atoms with Gasteiger partial charge in [0.05, 0.1) is 14.9 Å². The second-order valence-electron chi connectivity index (χ2n) is 11.8. The highest BCUT2D eigenvalue weighted by atomic mass is 32.2. The van der Waals surface area contributed by atoms with Crippen LogP contribution in [0.1, 0.15) is 78.4 Å². The molecule has 1 fully saturated rings. The Kier molecular flexibility index (Phi) is 9.14. The number of rotatable bonds is 9. The van der Waals surface area contributed by atoms with Gasteiger partial charge in [0, 0.05) is 62.8 Å². The molecule has 9 heteroatoms. The van der Waals surface area contributed by atoms with E-state index in [1.807, 2.05) is 68.4 Å². The van der Waals surface area contributed by atoms with E-state index in [0.29, 0.717) is 17.8 Å². The Morgan fingerprint density at radius 1 is 0.851 bits per heavy atom. The molecule has 1 aromatic heterocycles. The zero-order valence-corrected chi connectivity index (χ0v) is 28.5. The minimum absolute atomic E-state index is 0.0489. The van der Waals surface area contributed by atoms with Crippen LogP contribution in [0, 0.1) is 5.82 Å². The summed E-state index contributed by atoms with van der Waals surface area (Å²) in [6.07, 6.45) is 0.927. The van der Waals surface area contributed by atoms with Gasteiger partial charge in [-0.1, -0.05) is 61.5 Å². The molecule has 0 radical (unpaired) electrons. The molecule has 3 atom stereocenters. The third-order valence-corrected chi connectivity index (χ3v) is 12.5. The molecule has 0 aliphatic carbocycles. The molecule has 0 bridgehead atoms. The van der Waals surface area contributed by atoms with E-state index in [-0.39, 0.29) is 31.5 Å². The number of thioether (sulfide) groups is 2. The smallest absolute Gasteiger partial charge is 0.332 e. The fourth-order valence-electron chi connectivity index (χ4n) is 6.16. The molecule has 6 rings (SSSR count). The third-order valence-electron chi connectivity index (χ3n) is 8.67. The maximum atomic E-state index is 15.6. The molecule has 0 amide bonds. The number of oxime groups is 1. The zero-order valence-electron chi connectivity index (χ0n) is 26.9. The van der Waals surface area contributed by atoms with E-state index in [9.17, 15) is 14.4 Å². The summed E-state index contributed by atoms with van der Waals surface area (Å²) in [5.41, 5.74) is 4.42. The third kappa shape index (κ3) is 6.26. The van der Waals surface area contributed by atoms with Crippen LogP contribution in [0.2, 0.25) is 0 Å². The van der Waals surface area contributed by atoms with E-state index >= 15 is 4.39 Å². The van der Waals surface area contributed by atoms with Gasteiger partial charge in [-0.15, -0.1) is 23.5 Å². The Morgan fingerprint density at radius 2 is 1.49 bits per heavy atom. The lowest BCUT2D eigenvalue weighted by Gasteiger charge is -2.19. The number of aromatic nitrogens is 1. The second kappa shape index (κ2) is 13.1. The number of ketones is 2. The fourth-order valence-corrected chi connectivity index (χ4v) is 9.82. The van der Waals surface area contributed by atoms with Crippen molar-refractivity contribution in [2.24, 2.45) is 5.16 Å². The molecular formula is C38H35FN2O4S2. The van der Waals surface area contributed by atoms with E-state index in [4.69, 9.17) is 4.84 Å². The van der Waals surface area contributed by atoms with Crippen molar-refractivity contribution < 1.29 is 23.6 Å². The fraction of sp³-hybridized carbons (Fsp3) is 0.263. The van der Waals surface area contributed by atoms with Crippen LogP contribution in [0.25, 0.3) is 21.8 Å². The lowest BCUT2D eigenvalue weighted by Crippen LogP contribution is -2.24. The molecule has 1 aliphatic rings. The number of hydrogen-bond acceptors (Lipinski definition) is 7. The van der Waals surface area contributed by atoms with Crippen molar-refractivity contribution in [2.75, 3.05) is 0 Å². The Bertz CT molecular complexity index is 2070. The van der Waals surface area contributed by atoms with Crippen molar-refractivity contribution in [1.82, 2.24) is 4.57 Å². The summed E-state index contributed by atoms with van der Waals surface area (Å²) in [7, 11) is 0. The van der Waals surface area contributed by atoms with Gasteiger partial charge in [-0.05, 0) is 62.7 Å². The first-order chi connectivity index (χ1) is 22.5. The quantitative estimate of drug-likeness (QED) is 0.0676. The van der Waals surface area contributed by atoms with Gasteiger partial charge in [-0.25, -0.2) is 9.18 Å². The summed E-state index contributed by atoms with van der Waals surface area (Å²) in [4.78, 5) is 43.8. The SMILES string of the molecule is CCn1c2ccc(C(=O)c3ccc(C(=O)C4SC(C)(CC)SC4C)cc3F)cc2c2cc(C(=NOC(C)=O)c3ccccc3)ccc21. The zero-order chi connectivity index (χ0) is 33.5. The van der Waals surface area contributed by atoms with Gasteiger partial charge in [-0.2, -0.15) is 0 Å². The molecule has 2 heterocycles. The average Bonchev–Trinajstić information content (AvgIpc) is 3.56. The number of fused-ring (bicyclic) bond motifs is 3. The highest BCUT2D eigenvalue weighted by Crippen LogP contribution is 2.54. The normalized spacial score (nSPS) is 19.7. The lowest BCUT2D eigenvalue weighted by molar-refractivity contribution is -0.140. The summed E-state index contributed by atoms with van der Waals surface area (Å²) in [6.45, 7) is 10.3. The van der Waals surface area contributed by atoms with Crippen molar-refractivity contribution in [3.05, 3.63) is 119 Å². The first-order valence-electron chi connectivity index (χ1n) is 15.6. The van der Waals surface area contributed by atoms with Gasteiger partial charge >= 0.3 is 5.97 Å². The number of halogens is 1. The van der Waals surface area contributed by atoms with E-state index in [1.54, 1.807) is 41.7 Å².